The first-order valence-corrected chi connectivity index (χ1v) is 7.72. The van der Waals surface area contributed by atoms with E-state index in [-0.39, 0.29) is 0 Å². The first-order valence-electron chi connectivity index (χ1n) is 7.34. The van der Waals surface area contributed by atoms with Crippen molar-refractivity contribution in [1.29, 1.82) is 0 Å². The fourth-order valence-corrected chi connectivity index (χ4v) is 2.77. The molecule has 3 rings (SSSR count). The van der Waals surface area contributed by atoms with Gasteiger partial charge in [-0.15, -0.1) is 0 Å². The first-order chi connectivity index (χ1) is 9.83. The van der Waals surface area contributed by atoms with E-state index in [0.717, 1.165) is 24.0 Å². The molecule has 0 heterocycles. The molecule has 0 saturated heterocycles. The average Bonchev–Trinajstić information content (AvgIpc) is 3.30. The lowest BCUT2D eigenvalue weighted by atomic mass is 9.92. The van der Waals surface area contributed by atoms with Crippen molar-refractivity contribution in [2.24, 2.45) is 0 Å². The number of hydrogen-bond donors (Lipinski definition) is 1. The van der Waals surface area contributed by atoms with Gasteiger partial charge in [0.2, 0.25) is 0 Å². The summed E-state index contributed by atoms with van der Waals surface area (Å²) in [6.07, 6.45) is 3.64. The van der Waals surface area contributed by atoms with Gasteiger partial charge in [0.15, 0.2) is 0 Å². The lowest BCUT2D eigenvalue weighted by Crippen LogP contribution is -2.24. The zero-order chi connectivity index (χ0) is 13.8. The van der Waals surface area contributed by atoms with Gasteiger partial charge < -0.3 is 5.32 Å². The number of hydrogen-bond acceptors (Lipinski definition) is 1. The Kier molecular flexibility index (Phi) is 4.39. The van der Waals surface area contributed by atoms with Crippen molar-refractivity contribution in [3.05, 3.63) is 70.7 Å². The van der Waals surface area contributed by atoms with Gasteiger partial charge in [-0.3, -0.25) is 0 Å². The van der Waals surface area contributed by atoms with E-state index >= 15 is 0 Å². The zero-order valence-electron chi connectivity index (χ0n) is 11.6. The van der Waals surface area contributed by atoms with E-state index in [1.807, 2.05) is 12.1 Å². The second kappa shape index (κ2) is 6.43. The Morgan fingerprint density at radius 1 is 1.00 bits per heavy atom. The van der Waals surface area contributed by atoms with Crippen molar-refractivity contribution in [2.75, 3.05) is 6.54 Å². The van der Waals surface area contributed by atoms with Gasteiger partial charge in [-0.2, -0.15) is 0 Å². The van der Waals surface area contributed by atoms with Gasteiger partial charge in [0.05, 0.1) is 0 Å². The quantitative estimate of drug-likeness (QED) is 0.828. The van der Waals surface area contributed by atoms with Crippen LogP contribution in [0.4, 0.5) is 0 Å². The third-order valence-corrected chi connectivity index (χ3v) is 4.29. The average molecular weight is 286 g/mol. The van der Waals surface area contributed by atoms with Crippen LogP contribution in [0.25, 0.3) is 0 Å². The monoisotopic (exact) mass is 285 g/mol. The minimum absolute atomic E-state index is 0.483. The highest BCUT2D eigenvalue weighted by Gasteiger charge is 2.22. The number of rotatable bonds is 6. The third kappa shape index (κ3) is 3.62. The van der Waals surface area contributed by atoms with Crippen LogP contribution in [0.15, 0.2) is 54.6 Å². The summed E-state index contributed by atoms with van der Waals surface area (Å²) in [6, 6.07) is 19.7. The Hall–Kier alpha value is -1.31. The zero-order valence-corrected chi connectivity index (χ0v) is 12.3. The molecule has 1 atom stereocenters. The van der Waals surface area contributed by atoms with Gasteiger partial charge in [0, 0.05) is 23.5 Å². The smallest absolute Gasteiger partial charge is 0.0438 e. The van der Waals surface area contributed by atoms with Crippen LogP contribution in [-0.4, -0.2) is 12.6 Å². The van der Waals surface area contributed by atoms with Gasteiger partial charge in [0.1, 0.15) is 0 Å². The van der Waals surface area contributed by atoms with Crippen molar-refractivity contribution in [3.8, 4) is 0 Å². The van der Waals surface area contributed by atoms with Crippen LogP contribution in [0.2, 0.25) is 5.02 Å². The van der Waals surface area contributed by atoms with Crippen molar-refractivity contribution in [3.63, 3.8) is 0 Å². The van der Waals surface area contributed by atoms with E-state index < -0.39 is 0 Å². The molecule has 1 aliphatic rings. The van der Waals surface area contributed by atoms with Crippen LogP contribution >= 0.6 is 11.6 Å². The Labute approximate surface area is 126 Å². The van der Waals surface area contributed by atoms with Gasteiger partial charge in [-0.1, -0.05) is 60.1 Å². The molecule has 0 aromatic heterocycles. The molecule has 0 aliphatic heterocycles. The van der Waals surface area contributed by atoms with Crippen molar-refractivity contribution < 1.29 is 0 Å². The van der Waals surface area contributed by atoms with Gasteiger partial charge in [-0.25, -0.2) is 0 Å². The standard InChI is InChI=1S/C18H20ClN/c19-18-9-5-4-8-15(18)12-16(13-20-17-10-11-17)14-6-2-1-3-7-14/h1-9,16-17,20H,10-13H2. The minimum atomic E-state index is 0.483. The predicted molar refractivity (Wildman–Crippen MR) is 85.4 cm³/mol. The second-order valence-electron chi connectivity index (χ2n) is 5.59. The molecule has 1 N–H and O–H groups in total. The van der Waals surface area contributed by atoms with Gasteiger partial charge in [-0.05, 0) is 36.5 Å². The second-order valence-corrected chi connectivity index (χ2v) is 5.99. The summed E-state index contributed by atoms with van der Waals surface area (Å²) < 4.78 is 0. The minimum Gasteiger partial charge on any atom is -0.313 e. The van der Waals surface area contributed by atoms with Crippen LogP contribution in [0, 0.1) is 0 Å². The molecule has 0 spiro atoms. The molecule has 0 radical (unpaired) electrons. The summed E-state index contributed by atoms with van der Waals surface area (Å²) in [5.74, 6) is 0.483. The molecule has 2 aromatic rings. The van der Waals surface area contributed by atoms with E-state index in [1.165, 1.54) is 24.0 Å². The molecule has 1 fully saturated rings. The largest absolute Gasteiger partial charge is 0.313 e. The molecule has 1 nitrogen and oxygen atoms in total. The van der Waals surface area contributed by atoms with Gasteiger partial charge in [0.25, 0.3) is 0 Å². The van der Waals surface area contributed by atoms with Crippen molar-refractivity contribution in [2.45, 2.75) is 31.2 Å². The Morgan fingerprint density at radius 2 is 1.70 bits per heavy atom. The molecule has 0 bridgehead atoms. The van der Waals surface area contributed by atoms with E-state index in [9.17, 15) is 0 Å². The molecule has 104 valence electrons. The maximum atomic E-state index is 6.31. The molecule has 20 heavy (non-hydrogen) atoms. The normalized spacial score (nSPS) is 16.1. The maximum Gasteiger partial charge on any atom is 0.0438 e. The summed E-state index contributed by atoms with van der Waals surface area (Å²) in [4.78, 5) is 0. The maximum absolute atomic E-state index is 6.31. The lowest BCUT2D eigenvalue weighted by molar-refractivity contribution is 0.577. The van der Waals surface area contributed by atoms with Crippen LogP contribution in [0.3, 0.4) is 0 Å². The van der Waals surface area contributed by atoms with Crippen LogP contribution in [0.5, 0.6) is 0 Å². The molecular formula is C18H20ClN. The molecule has 1 unspecified atom stereocenters. The molecule has 1 saturated carbocycles. The number of nitrogens with one attached hydrogen (secondary N) is 1. The van der Waals surface area contributed by atoms with E-state index in [2.05, 4.69) is 47.8 Å². The molecule has 1 aliphatic carbocycles. The van der Waals surface area contributed by atoms with Crippen molar-refractivity contribution in [1.82, 2.24) is 5.32 Å². The van der Waals surface area contributed by atoms with E-state index in [1.54, 1.807) is 0 Å². The highest BCUT2D eigenvalue weighted by atomic mass is 35.5. The van der Waals surface area contributed by atoms with Crippen LogP contribution in [0.1, 0.15) is 29.9 Å². The summed E-state index contributed by atoms with van der Waals surface area (Å²) in [5, 5.41) is 4.53. The fraction of sp³-hybridized carbons (Fsp3) is 0.333. The van der Waals surface area contributed by atoms with E-state index in [4.69, 9.17) is 11.6 Å². The third-order valence-electron chi connectivity index (χ3n) is 3.93. The van der Waals surface area contributed by atoms with E-state index in [0.29, 0.717) is 5.92 Å². The predicted octanol–water partition coefficient (Wildman–Crippen LogP) is 4.42. The summed E-state index contributed by atoms with van der Waals surface area (Å²) in [5.41, 5.74) is 2.63. The summed E-state index contributed by atoms with van der Waals surface area (Å²) in [7, 11) is 0. The number of benzene rings is 2. The summed E-state index contributed by atoms with van der Waals surface area (Å²) >= 11 is 6.31. The fourth-order valence-electron chi connectivity index (χ4n) is 2.56. The van der Waals surface area contributed by atoms with Crippen LogP contribution < -0.4 is 5.32 Å². The topological polar surface area (TPSA) is 12.0 Å². The highest BCUT2D eigenvalue weighted by Crippen LogP contribution is 2.26. The van der Waals surface area contributed by atoms with Gasteiger partial charge >= 0.3 is 0 Å². The molecule has 0 amide bonds. The SMILES string of the molecule is Clc1ccccc1CC(CNC1CC1)c1ccccc1. The van der Waals surface area contributed by atoms with Crippen LogP contribution in [-0.2, 0) is 6.42 Å². The highest BCUT2D eigenvalue weighted by molar-refractivity contribution is 6.31. The lowest BCUT2D eigenvalue weighted by Gasteiger charge is -2.19. The Balaban J connectivity index is 1.76. The molecule has 2 aromatic carbocycles. The number of halogens is 1. The first kappa shape index (κ1) is 13.7. The Morgan fingerprint density at radius 3 is 2.40 bits per heavy atom. The molecular weight excluding hydrogens is 266 g/mol. The summed E-state index contributed by atoms with van der Waals surface area (Å²) in [6.45, 7) is 1.03. The Bertz CT molecular complexity index is 548. The molecule has 2 heteroatoms. The van der Waals surface area contributed by atoms with Crippen molar-refractivity contribution >= 4 is 11.6 Å².